The summed E-state index contributed by atoms with van der Waals surface area (Å²) in [5.74, 6) is 0.0879. The molecule has 1 heterocycles. The molecule has 1 fully saturated rings. The molecule has 2 atom stereocenters. The van der Waals surface area contributed by atoms with Crippen molar-refractivity contribution in [2.45, 2.75) is 5.92 Å². The van der Waals surface area contributed by atoms with Gasteiger partial charge in [-0.05, 0) is 5.56 Å². The summed E-state index contributed by atoms with van der Waals surface area (Å²) in [5.41, 5.74) is 1.21. The van der Waals surface area contributed by atoms with Crippen molar-refractivity contribution < 1.29 is 9.53 Å². The molecule has 16 heavy (non-hydrogen) atoms. The number of esters is 1. The van der Waals surface area contributed by atoms with E-state index in [9.17, 15) is 4.79 Å². The number of halogens is 1. The molecule has 0 saturated carbocycles. The molecule has 0 aliphatic carbocycles. The standard InChI is InChI=1S/C12H15NO2.ClH/c1-15-12(14)11-8-13-7-10(11)9-5-3-2-4-6-9;/h2-6,10-11,13H,7-8H2,1H3;1H/t10-,11+;/m0./s1. The average Bonchev–Trinajstić information content (AvgIpc) is 2.78. The summed E-state index contributed by atoms with van der Waals surface area (Å²) in [5, 5.41) is 3.24. The fourth-order valence-corrected chi connectivity index (χ4v) is 2.13. The minimum atomic E-state index is -0.117. The lowest BCUT2D eigenvalue weighted by molar-refractivity contribution is -0.145. The van der Waals surface area contributed by atoms with Gasteiger partial charge in [0.2, 0.25) is 0 Å². The summed E-state index contributed by atoms with van der Waals surface area (Å²) < 4.78 is 4.81. The number of carbonyl (C=O) groups is 1. The third kappa shape index (κ3) is 2.54. The maximum absolute atomic E-state index is 11.5. The van der Waals surface area contributed by atoms with Gasteiger partial charge in [0.25, 0.3) is 0 Å². The summed E-state index contributed by atoms with van der Waals surface area (Å²) in [4.78, 5) is 11.5. The van der Waals surface area contributed by atoms with E-state index >= 15 is 0 Å². The van der Waals surface area contributed by atoms with Crippen LogP contribution in [0.15, 0.2) is 30.3 Å². The Kier molecular flexibility index (Phi) is 4.77. The van der Waals surface area contributed by atoms with Crippen LogP contribution in [0.3, 0.4) is 0 Å². The van der Waals surface area contributed by atoms with E-state index in [-0.39, 0.29) is 30.2 Å². The predicted octanol–water partition coefficient (Wildman–Crippen LogP) is 1.58. The molecule has 2 rings (SSSR count). The summed E-state index contributed by atoms with van der Waals surface area (Å²) in [6.07, 6.45) is 0. The van der Waals surface area contributed by atoms with E-state index in [0.717, 1.165) is 6.54 Å². The van der Waals surface area contributed by atoms with Crippen molar-refractivity contribution in [2.75, 3.05) is 20.2 Å². The van der Waals surface area contributed by atoms with E-state index in [1.54, 1.807) is 0 Å². The maximum atomic E-state index is 11.5. The van der Waals surface area contributed by atoms with Crippen LogP contribution >= 0.6 is 12.4 Å². The number of rotatable bonds is 2. The van der Waals surface area contributed by atoms with Gasteiger partial charge in [0.05, 0.1) is 13.0 Å². The zero-order chi connectivity index (χ0) is 10.7. The number of hydrogen-bond donors (Lipinski definition) is 1. The molecule has 0 aromatic heterocycles. The molecule has 0 bridgehead atoms. The molecule has 0 radical (unpaired) electrons. The Hall–Kier alpha value is -1.06. The van der Waals surface area contributed by atoms with Gasteiger partial charge in [-0.1, -0.05) is 30.3 Å². The predicted molar refractivity (Wildman–Crippen MR) is 64.8 cm³/mol. The molecular formula is C12H16ClNO2. The van der Waals surface area contributed by atoms with Crippen LogP contribution in [-0.2, 0) is 9.53 Å². The Morgan fingerprint density at radius 1 is 1.31 bits per heavy atom. The second kappa shape index (κ2) is 5.87. The summed E-state index contributed by atoms with van der Waals surface area (Å²) in [6.45, 7) is 1.57. The Morgan fingerprint density at radius 2 is 2.00 bits per heavy atom. The molecule has 0 spiro atoms. The van der Waals surface area contributed by atoms with Crippen molar-refractivity contribution in [2.24, 2.45) is 5.92 Å². The van der Waals surface area contributed by atoms with Crippen molar-refractivity contribution in [1.82, 2.24) is 5.32 Å². The molecule has 88 valence electrons. The number of methoxy groups -OCH3 is 1. The molecule has 1 aliphatic rings. The summed E-state index contributed by atoms with van der Waals surface area (Å²) in [6, 6.07) is 10.1. The highest BCUT2D eigenvalue weighted by Crippen LogP contribution is 2.28. The Balaban J connectivity index is 0.00000128. The molecule has 1 saturated heterocycles. The smallest absolute Gasteiger partial charge is 0.310 e. The fraction of sp³-hybridized carbons (Fsp3) is 0.417. The van der Waals surface area contributed by atoms with Crippen LogP contribution in [0.25, 0.3) is 0 Å². The molecule has 1 aromatic carbocycles. The number of ether oxygens (including phenoxy) is 1. The monoisotopic (exact) mass is 241 g/mol. The minimum Gasteiger partial charge on any atom is -0.469 e. The minimum absolute atomic E-state index is 0. The van der Waals surface area contributed by atoms with Gasteiger partial charge in [-0.15, -0.1) is 12.4 Å². The number of carbonyl (C=O) groups excluding carboxylic acids is 1. The van der Waals surface area contributed by atoms with E-state index in [1.807, 2.05) is 18.2 Å². The number of benzene rings is 1. The van der Waals surface area contributed by atoms with Crippen LogP contribution < -0.4 is 5.32 Å². The van der Waals surface area contributed by atoms with E-state index < -0.39 is 0 Å². The average molecular weight is 242 g/mol. The van der Waals surface area contributed by atoms with Gasteiger partial charge in [-0.3, -0.25) is 4.79 Å². The topological polar surface area (TPSA) is 38.3 Å². The second-order valence-electron chi connectivity index (χ2n) is 3.81. The van der Waals surface area contributed by atoms with E-state index in [1.165, 1.54) is 12.7 Å². The molecular weight excluding hydrogens is 226 g/mol. The van der Waals surface area contributed by atoms with Gasteiger partial charge >= 0.3 is 5.97 Å². The lowest BCUT2D eigenvalue weighted by Gasteiger charge is -2.16. The molecule has 1 N–H and O–H groups in total. The molecule has 0 amide bonds. The van der Waals surface area contributed by atoms with Crippen molar-refractivity contribution in [1.29, 1.82) is 0 Å². The van der Waals surface area contributed by atoms with Gasteiger partial charge in [0.1, 0.15) is 0 Å². The Bertz CT molecular complexity index is 342. The summed E-state index contributed by atoms with van der Waals surface area (Å²) in [7, 11) is 1.45. The number of hydrogen-bond acceptors (Lipinski definition) is 3. The molecule has 3 nitrogen and oxygen atoms in total. The Labute approximate surface area is 102 Å². The fourth-order valence-electron chi connectivity index (χ4n) is 2.13. The first-order chi connectivity index (χ1) is 7.33. The zero-order valence-electron chi connectivity index (χ0n) is 9.18. The van der Waals surface area contributed by atoms with Crippen LogP contribution in [0.2, 0.25) is 0 Å². The molecule has 1 aromatic rings. The molecule has 1 aliphatic heterocycles. The molecule has 0 unspecified atom stereocenters. The Morgan fingerprint density at radius 3 is 2.62 bits per heavy atom. The first-order valence-electron chi connectivity index (χ1n) is 5.16. The van der Waals surface area contributed by atoms with Gasteiger partial charge in [0.15, 0.2) is 0 Å². The third-order valence-electron chi connectivity index (χ3n) is 2.95. The van der Waals surface area contributed by atoms with Crippen LogP contribution in [0.1, 0.15) is 11.5 Å². The number of nitrogens with one attached hydrogen (secondary N) is 1. The second-order valence-corrected chi connectivity index (χ2v) is 3.81. The van der Waals surface area contributed by atoms with Crippen LogP contribution in [-0.4, -0.2) is 26.2 Å². The van der Waals surface area contributed by atoms with Crippen molar-refractivity contribution in [3.05, 3.63) is 35.9 Å². The first-order valence-corrected chi connectivity index (χ1v) is 5.16. The SMILES string of the molecule is COC(=O)[C@@H]1CNC[C@H]1c1ccccc1.Cl. The zero-order valence-corrected chi connectivity index (χ0v) is 10.00. The largest absolute Gasteiger partial charge is 0.469 e. The summed E-state index contributed by atoms with van der Waals surface area (Å²) >= 11 is 0. The lowest BCUT2D eigenvalue weighted by Crippen LogP contribution is -2.22. The van der Waals surface area contributed by atoms with Crippen LogP contribution in [0.4, 0.5) is 0 Å². The third-order valence-corrected chi connectivity index (χ3v) is 2.95. The molecule has 4 heteroatoms. The first kappa shape index (κ1) is 13.0. The quantitative estimate of drug-likeness (QED) is 0.800. The van der Waals surface area contributed by atoms with Crippen molar-refractivity contribution in [3.8, 4) is 0 Å². The van der Waals surface area contributed by atoms with Gasteiger partial charge in [-0.2, -0.15) is 0 Å². The van der Waals surface area contributed by atoms with Gasteiger partial charge in [-0.25, -0.2) is 0 Å². The van der Waals surface area contributed by atoms with Crippen LogP contribution in [0.5, 0.6) is 0 Å². The van der Waals surface area contributed by atoms with E-state index in [2.05, 4.69) is 17.4 Å². The van der Waals surface area contributed by atoms with Gasteiger partial charge in [0, 0.05) is 19.0 Å². The highest BCUT2D eigenvalue weighted by molar-refractivity contribution is 5.85. The van der Waals surface area contributed by atoms with Crippen molar-refractivity contribution >= 4 is 18.4 Å². The highest BCUT2D eigenvalue weighted by Gasteiger charge is 2.34. The van der Waals surface area contributed by atoms with Crippen LogP contribution in [0, 0.1) is 5.92 Å². The van der Waals surface area contributed by atoms with Gasteiger partial charge < -0.3 is 10.1 Å². The maximum Gasteiger partial charge on any atom is 0.310 e. The lowest BCUT2D eigenvalue weighted by atomic mass is 9.89. The van der Waals surface area contributed by atoms with E-state index in [4.69, 9.17) is 4.74 Å². The van der Waals surface area contributed by atoms with Crippen molar-refractivity contribution in [3.63, 3.8) is 0 Å². The van der Waals surface area contributed by atoms with E-state index in [0.29, 0.717) is 6.54 Å². The highest BCUT2D eigenvalue weighted by atomic mass is 35.5. The normalized spacial score (nSPS) is 23.6.